The van der Waals surface area contributed by atoms with Gasteiger partial charge in [0.1, 0.15) is 17.2 Å². The smallest absolute Gasteiger partial charge is 0.219 e. The van der Waals surface area contributed by atoms with Crippen molar-refractivity contribution in [3.05, 3.63) is 65.7 Å². The van der Waals surface area contributed by atoms with Crippen LogP contribution in [0.2, 0.25) is 0 Å². The molecular weight excluding hydrogens is 302 g/mol. The predicted octanol–water partition coefficient (Wildman–Crippen LogP) is 4.35. The molecule has 0 saturated heterocycles. The first-order valence-electron chi connectivity index (χ1n) is 8.27. The highest BCUT2D eigenvalue weighted by Crippen LogP contribution is 2.26. The highest BCUT2D eigenvalue weighted by Gasteiger charge is 2.18. The number of fused-ring (bicyclic) bond motifs is 1. The topological polar surface area (TPSA) is 60.2 Å². The van der Waals surface area contributed by atoms with Crippen LogP contribution in [0.5, 0.6) is 11.6 Å². The van der Waals surface area contributed by atoms with Crippen LogP contribution in [0.1, 0.15) is 29.9 Å². The molecule has 0 saturated carbocycles. The molecule has 4 rings (SSSR count). The fourth-order valence-corrected chi connectivity index (χ4v) is 2.97. The monoisotopic (exact) mass is 321 g/mol. The average Bonchev–Trinajstić information content (AvgIpc) is 3.04. The molecule has 1 aromatic carbocycles. The van der Waals surface area contributed by atoms with Crippen molar-refractivity contribution >= 4 is 5.69 Å². The van der Waals surface area contributed by atoms with Crippen molar-refractivity contribution < 1.29 is 9.26 Å². The number of hydrogen-bond donors (Lipinski definition) is 1. The molecule has 0 bridgehead atoms. The summed E-state index contributed by atoms with van der Waals surface area (Å²) >= 11 is 0. The van der Waals surface area contributed by atoms with E-state index in [1.54, 1.807) is 6.20 Å². The molecule has 0 radical (unpaired) electrons. The van der Waals surface area contributed by atoms with Gasteiger partial charge in [-0.3, -0.25) is 0 Å². The first-order valence-corrected chi connectivity index (χ1v) is 8.27. The number of anilines is 1. The van der Waals surface area contributed by atoms with E-state index in [1.165, 1.54) is 18.4 Å². The van der Waals surface area contributed by atoms with Crippen LogP contribution >= 0.6 is 0 Å². The molecule has 5 heteroatoms. The molecule has 0 amide bonds. The lowest BCUT2D eigenvalue weighted by atomic mass is 9.96. The number of benzene rings is 1. The molecule has 2 heterocycles. The Morgan fingerprint density at radius 2 is 2.04 bits per heavy atom. The number of rotatable bonds is 5. The number of aryl methyl sites for hydroxylation is 1. The van der Waals surface area contributed by atoms with Crippen molar-refractivity contribution in [3.8, 4) is 11.6 Å². The first-order chi connectivity index (χ1) is 11.9. The van der Waals surface area contributed by atoms with Crippen molar-refractivity contribution in [2.75, 3.05) is 5.32 Å². The molecule has 0 fully saturated rings. The fourth-order valence-electron chi connectivity index (χ4n) is 2.97. The van der Waals surface area contributed by atoms with E-state index < -0.39 is 0 Å². The van der Waals surface area contributed by atoms with E-state index in [4.69, 9.17) is 9.26 Å². The zero-order valence-corrected chi connectivity index (χ0v) is 13.4. The Kier molecular flexibility index (Phi) is 4.14. The summed E-state index contributed by atoms with van der Waals surface area (Å²) < 4.78 is 11.2. The molecule has 24 heavy (non-hydrogen) atoms. The quantitative estimate of drug-likeness (QED) is 0.757. The van der Waals surface area contributed by atoms with Gasteiger partial charge in [-0.05, 0) is 37.5 Å². The fraction of sp³-hybridized carbons (Fsp3) is 0.263. The minimum Gasteiger partial charge on any atom is -0.439 e. The Morgan fingerprint density at radius 3 is 2.96 bits per heavy atom. The van der Waals surface area contributed by atoms with Crippen LogP contribution in [-0.2, 0) is 19.4 Å². The lowest BCUT2D eigenvalue weighted by molar-refractivity contribution is 0.368. The lowest BCUT2D eigenvalue weighted by Gasteiger charge is -2.11. The Morgan fingerprint density at radius 1 is 1.08 bits per heavy atom. The summed E-state index contributed by atoms with van der Waals surface area (Å²) in [7, 11) is 0. The van der Waals surface area contributed by atoms with E-state index in [1.807, 2.05) is 42.5 Å². The third-order valence-corrected chi connectivity index (χ3v) is 4.19. The lowest BCUT2D eigenvalue weighted by Crippen LogP contribution is -2.06. The van der Waals surface area contributed by atoms with Crippen LogP contribution in [0.15, 0.2) is 53.2 Å². The van der Waals surface area contributed by atoms with Gasteiger partial charge in [-0.2, -0.15) is 0 Å². The van der Waals surface area contributed by atoms with Crippen molar-refractivity contribution in [3.63, 3.8) is 0 Å². The van der Waals surface area contributed by atoms with E-state index in [0.29, 0.717) is 12.4 Å². The number of nitrogens with zero attached hydrogens (tertiary/aromatic N) is 2. The highest BCUT2D eigenvalue weighted by molar-refractivity contribution is 5.49. The van der Waals surface area contributed by atoms with Crippen molar-refractivity contribution in [1.29, 1.82) is 0 Å². The number of aromatic nitrogens is 2. The third-order valence-electron chi connectivity index (χ3n) is 4.19. The zero-order chi connectivity index (χ0) is 16.2. The SMILES string of the molecule is c1ccc(Oc2cccc(NCc3noc4c3CCCC4)c2)nc1. The standard InChI is InChI=1S/C19H19N3O2/c1-2-9-18-16(8-1)17(22-24-18)13-21-14-6-5-7-15(12-14)23-19-10-3-4-11-20-19/h3-7,10-12,21H,1-2,8-9,13H2. The molecule has 0 atom stereocenters. The second kappa shape index (κ2) is 6.74. The van der Waals surface area contributed by atoms with Gasteiger partial charge in [0.05, 0.1) is 6.54 Å². The molecule has 122 valence electrons. The van der Waals surface area contributed by atoms with Gasteiger partial charge in [-0.25, -0.2) is 4.98 Å². The van der Waals surface area contributed by atoms with Crippen LogP contribution in [0.4, 0.5) is 5.69 Å². The average molecular weight is 321 g/mol. The maximum Gasteiger partial charge on any atom is 0.219 e. The number of pyridine rings is 1. The minimum absolute atomic E-state index is 0.584. The van der Waals surface area contributed by atoms with Gasteiger partial charge < -0.3 is 14.6 Å². The van der Waals surface area contributed by atoms with Gasteiger partial charge >= 0.3 is 0 Å². The molecule has 0 spiro atoms. The van der Waals surface area contributed by atoms with Gasteiger partial charge in [-0.1, -0.05) is 17.3 Å². The highest BCUT2D eigenvalue weighted by atomic mass is 16.5. The molecule has 2 aromatic heterocycles. The zero-order valence-electron chi connectivity index (χ0n) is 13.4. The van der Waals surface area contributed by atoms with Crippen molar-refractivity contribution in [2.45, 2.75) is 32.2 Å². The normalized spacial score (nSPS) is 13.3. The van der Waals surface area contributed by atoms with Crippen molar-refractivity contribution in [1.82, 2.24) is 10.1 Å². The summed E-state index contributed by atoms with van der Waals surface area (Å²) in [6, 6.07) is 13.4. The van der Waals surface area contributed by atoms with Crippen LogP contribution < -0.4 is 10.1 Å². The van der Waals surface area contributed by atoms with E-state index in [0.717, 1.165) is 35.7 Å². The molecule has 0 aliphatic heterocycles. The van der Waals surface area contributed by atoms with E-state index in [-0.39, 0.29) is 0 Å². The molecular formula is C19H19N3O2. The maximum absolute atomic E-state index is 5.76. The Hall–Kier alpha value is -2.82. The van der Waals surface area contributed by atoms with Crippen LogP contribution in [-0.4, -0.2) is 10.1 Å². The maximum atomic E-state index is 5.76. The second-order valence-corrected chi connectivity index (χ2v) is 5.89. The third kappa shape index (κ3) is 3.25. The summed E-state index contributed by atoms with van der Waals surface area (Å²) in [5, 5.41) is 7.62. The Balaban J connectivity index is 1.44. The van der Waals surface area contributed by atoms with Gasteiger partial charge in [-0.15, -0.1) is 0 Å². The number of ether oxygens (including phenoxy) is 1. The first kappa shape index (κ1) is 14.8. The van der Waals surface area contributed by atoms with Gasteiger partial charge in [0.15, 0.2) is 0 Å². The predicted molar refractivity (Wildman–Crippen MR) is 91.2 cm³/mol. The van der Waals surface area contributed by atoms with Crippen LogP contribution in [0, 0.1) is 0 Å². The molecule has 1 aliphatic carbocycles. The van der Waals surface area contributed by atoms with Gasteiger partial charge in [0.2, 0.25) is 5.88 Å². The summed E-state index contributed by atoms with van der Waals surface area (Å²) in [5.41, 5.74) is 3.28. The van der Waals surface area contributed by atoms with E-state index in [2.05, 4.69) is 15.5 Å². The van der Waals surface area contributed by atoms with E-state index >= 15 is 0 Å². The molecule has 5 nitrogen and oxygen atoms in total. The number of nitrogens with one attached hydrogen (secondary N) is 1. The molecule has 0 unspecified atom stereocenters. The molecule has 1 N–H and O–H groups in total. The van der Waals surface area contributed by atoms with E-state index in [9.17, 15) is 0 Å². The largest absolute Gasteiger partial charge is 0.439 e. The van der Waals surface area contributed by atoms with Gasteiger partial charge in [0.25, 0.3) is 0 Å². The Labute approximate surface area is 140 Å². The van der Waals surface area contributed by atoms with Crippen LogP contribution in [0.3, 0.4) is 0 Å². The molecule has 3 aromatic rings. The number of hydrogen-bond acceptors (Lipinski definition) is 5. The summed E-state index contributed by atoms with van der Waals surface area (Å²) in [4.78, 5) is 4.17. The van der Waals surface area contributed by atoms with Crippen LogP contribution in [0.25, 0.3) is 0 Å². The Bertz CT molecular complexity index is 814. The second-order valence-electron chi connectivity index (χ2n) is 5.89. The van der Waals surface area contributed by atoms with Gasteiger partial charge in [0, 0.05) is 36.0 Å². The van der Waals surface area contributed by atoms with Crippen molar-refractivity contribution in [2.24, 2.45) is 0 Å². The molecule has 1 aliphatic rings. The summed E-state index contributed by atoms with van der Waals surface area (Å²) in [5.74, 6) is 2.39. The minimum atomic E-state index is 0.584. The summed E-state index contributed by atoms with van der Waals surface area (Å²) in [6.07, 6.45) is 6.20. The summed E-state index contributed by atoms with van der Waals surface area (Å²) in [6.45, 7) is 0.659.